The maximum absolute atomic E-state index is 10.2. The van der Waals surface area contributed by atoms with Crippen LogP contribution in [0.1, 0.15) is 18.4 Å². The fourth-order valence-electron chi connectivity index (χ4n) is 2.62. The van der Waals surface area contributed by atoms with Gasteiger partial charge in [-0.25, -0.2) is 0 Å². The molecule has 2 rings (SSSR count). The number of thioether (sulfide) groups is 1. The summed E-state index contributed by atoms with van der Waals surface area (Å²) in [6, 6.07) is 9.97. The lowest BCUT2D eigenvalue weighted by atomic mass is 10.0. The van der Waals surface area contributed by atoms with Gasteiger partial charge < -0.3 is 19.7 Å². The zero-order valence-corrected chi connectivity index (χ0v) is 13.2. The van der Waals surface area contributed by atoms with Gasteiger partial charge in [0, 0.05) is 19.5 Å². The van der Waals surface area contributed by atoms with Crippen molar-refractivity contribution in [3.8, 4) is 0 Å². The second-order valence-electron chi connectivity index (χ2n) is 5.27. The van der Waals surface area contributed by atoms with E-state index in [2.05, 4.69) is 0 Å². The maximum atomic E-state index is 10.2. The third-order valence-electron chi connectivity index (χ3n) is 3.76. The molecule has 1 heterocycles. The van der Waals surface area contributed by atoms with E-state index in [-0.39, 0.29) is 24.1 Å². The third-order valence-corrected chi connectivity index (χ3v) is 5.25. The molecule has 1 aliphatic rings. The van der Waals surface area contributed by atoms with Gasteiger partial charge in [-0.1, -0.05) is 30.3 Å². The first-order valence-corrected chi connectivity index (χ1v) is 8.40. The first-order valence-electron chi connectivity index (χ1n) is 7.35. The Morgan fingerprint density at radius 3 is 2.76 bits per heavy atom. The molecule has 1 fully saturated rings. The van der Waals surface area contributed by atoms with Crippen molar-refractivity contribution in [2.24, 2.45) is 0 Å². The molecule has 1 aliphatic heterocycles. The van der Waals surface area contributed by atoms with E-state index in [0.29, 0.717) is 18.8 Å². The minimum atomic E-state index is -0.463. The first kappa shape index (κ1) is 16.8. The van der Waals surface area contributed by atoms with Crippen molar-refractivity contribution < 1.29 is 19.7 Å². The van der Waals surface area contributed by atoms with E-state index in [1.807, 2.05) is 30.3 Å². The SMILES string of the molecule is COC(CCCO)[C@H]1SC[C@@H](O)[C@H]1OCc1ccccc1. The summed E-state index contributed by atoms with van der Waals surface area (Å²) in [4.78, 5) is 0. The Labute approximate surface area is 130 Å². The molecule has 1 aromatic carbocycles. The van der Waals surface area contributed by atoms with Crippen LogP contribution in [0, 0.1) is 0 Å². The summed E-state index contributed by atoms with van der Waals surface area (Å²) < 4.78 is 11.5. The number of methoxy groups -OCH3 is 1. The normalized spacial score (nSPS) is 26.9. The fourth-order valence-corrected chi connectivity index (χ4v) is 4.14. The Morgan fingerprint density at radius 2 is 2.10 bits per heavy atom. The topological polar surface area (TPSA) is 58.9 Å². The van der Waals surface area contributed by atoms with Crippen molar-refractivity contribution in [3.63, 3.8) is 0 Å². The van der Waals surface area contributed by atoms with Gasteiger partial charge in [0.05, 0.1) is 30.2 Å². The molecule has 0 spiro atoms. The number of aliphatic hydroxyl groups is 2. The summed E-state index contributed by atoms with van der Waals surface area (Å²) in [6.07, 6.45) is 0.800. The van der Waals surface area contributed by atoms with Crippen LogP contribution in [0.5, 0.6) is 0 Å². The minimum Gasteiger partial charge on any atom is -0.396 e. The van der Waals surface area contributed by atoms with Crippen molar-refractivity contribution in [2.45, 2.75) is 43.0 Å². The standard InChI is InChI=1S/C16H24O4S/c1-19-14(8-5-9-17)16-15(13(18)11-21-16)20-10-12-6-3-2-4-7-12/h2-4,6-7,13-18H,5,8-11H2,1H3/t13-,14?,15-,16-/m1/s1. The molecule has 1 saturated heterocycles. The second-order valence-corrected chi connectivity index (χ2v) is 6.48. The molecule has 0 saturated carbocycles. The van der Waals surface area contributed by atoms with Gasteiger partial charge >= 0.3 is 0 Å². The van der Waals surface area contributed by atoms with Crippen LogP contribution in [0.3, 0.4) is 0 Å². The van der Waals surface area contributed by atoms with Crippen LogP contribution in [0.2, 0.25) is 0 Å². The Balaban J connectivity index is 1.94. The van der Waals surface area contributed by atoms with Gasteiger partial charge in [-0.05, 0) is 18.4 Å². The molecular weight excluding hydrogens is 288 g/mol. The zero-order chi connectivity index (χ0) is 15.1. The smallest absolute Gasteiger partial charge is 0.0989 e. The van der Waals surface area contributed by atoms with E-state index < -0.39 is 6.10 Å². The van der Waals surface area contributed by atoms with Crippen molar-refractivity contribution in [1.82, 2.24) is 0 Å². The van der Waals surface area contributed by atoms with Crippen LogP contribution in [-0.4, -0.2) is 53.2 Å². The highest BCUT2D eigenvalue weighted by molar-refractivity contribution is 8.00. The number of benzene rings is 1. The molecule has 5 heteroatoms. The Hall–Kier alpha value is -0.590. The minimum absolute atomic E-state index is 0.0000679. The average molecular weight is 312 g/mol. The number of hydrogen-bond acceptors (Lipinski definition) is 5. The van der Waals surface area contributed by atoms with Crippen molar-refractivity contribution >= 4 is 11.8 Å². The molecule has 4 atom stereocenters. The fraction of sp³-hybridized carbons (Fsp3) is 0.625. The van der Waals surface area contributed by atoms with Crippen LogP contribution in [0.4, 0.5) is 0 Å². The van der Waals surface area contributed by atoms with Crippen molar-refractivity contribution in [1.29, 1.82) is 0 Å². The maximum Gasteiger partial charge on any atom is 0.0989 e. The first-order chi connectivity index (χ1) is 10.3. The monoisotopic (exact) mass is 312 g/mol. The molecule has 118 valence electrons. The lowest BCUT2D eigenvalue weighted by Crippen LogP contribution is -2.40. The van der Waals surface area contributed by atoms with Crippen molar-refractivity contribution in [2.75, 3.05) is 19.5 Å². The lowest BCUT2D eigenvalue weighted by molar-refractivity contribution is -0.0543. The molecule has 0 amide bonds. The highest BCUT2D eigenvalue weighted by Gasteiger charge is 2.41. The van der Waals surface area contributed by atoms with E-state index in [1.165, 1.54) is 0 Å². The summed E-state index contributed by atoms with van der Waals surface area (Å²) in [6.45, 7) is 0.658. The largest absolute Gasteiger partial charge is 0.396 e. The van der Waals surface area contributed by atoms with Gasteiger partial charge in [0.15, 0.2) is 0 Å². The molecule has 21 heavy (non-hydrogen) atoms. The summed E-state index contributed by atoms with van der Waals surface area (Å²) in [5, 5.41) is 19.2. The van der Waals surface area contributed by atoms with Gasteiger partial charge in [-0.3, -0.25) is 0 Å². The Kier molecular flexibility index (Phi) is 6.99. The van der Waals surface area contributed by atoms with Gasteiger partial charge in [0.1, 0.15) is 0 Å². The summed E-state index contributed by atoms with van der Waals surface area (Å²) in [5.41, 5.74) is 1.10. The molecule has 1 aromatic rings. The molecule has 0 radical (unpaired) electrons. The van der Waals surface area contributed by atoms with Crippen LogP contribution in [0.25, 0.3) is 0 Å². The van der Waals surface area contributed by atoms with Crippen LogP contribution >= 0.6 is 11.8 Å². The third kappa shape index (κ3) is 4.69. The van der Waals surface area contributed by atoms with Crippen LogP contribution in [0.15, 0.2) is 30.3 Å². The highest BCUT2D eigenvalue weighted by atomic mass is 32.2. The number of rotatable bonds is 8. The predicted molar refractivity (Wildman–Crippen MR) is 84.4 cm³/mol. The van der Waals surface area contributed by atoms with E-state index >= 15 is 0 Å². The van der Waals surface area contributed by atoms with E-state index in [1.54, 1.807) is 18.9 Å². The molecule has 0 aliphatic carbocycles. The molecule has 4 nitrogen and oxygen atoms in total. The molecule has 1 unspecified atom stereocenters. The second kappa shape index (κ2) is 8.76. The van der Waals surface area contributed by atoms with Gasteiger partial charge in [-0.15, -0.1) is 0 Å². The predicted octanol–water partition coefficient (Wildman–Crippen LogP) is 1.84. The van der Waals surface area contributed by atoms with E-state index in [0.717, 1.165) is 12.0 Å². The van der Waals surface area contributed by atoms with Gasteiger partial charge in [0.2, 0.25) is 0 Å². The van der Waals surface area contributed by atoms with Gasteiger partial charge in [0.25, 0.3) is 0 Å². The Bertz CT molecular complexity index is 401. The zero-order valence-electron chi connectivity index (χ0n) is 12.4. The summed E-state index contributed by atoms with van der Waals surface area (Å²) in [5.74, 6) is 0.670. The molecule has 0 aromatic heterocycles. The molecule has 2 N–H and O–H groups in total. The van der Waals surface area contributed by atoms with E-state index in [4.69, 9.17) is 14.6 Å². The molecule has 0 bridgehead atoms. The quantitative estimate of drug-likeness (QED) is 0.767. The van der Waals surface area contributed by atoms with Crippen LogP contribution < -0.4 is 0 Å². The highest BCUT2D eigenvalue weighted by Crippen LogP contribution is 2.35. The lowest BCUT2D eigenvalue weighted by Gasteiger charge is -2.28. The molecular formula is C16H24O4S. The summed E-state index contributed by atoms with van der Waals surface area (Å²) >= 11 is 1.70. The van der Waals surface area contributed by atoms with Gasteiger partial charge in [-0.2, -0.15) is 11.8 Å². The van der Waals surface area contributed by atoms with Crippen molar-refractivity contribution in [3.05, 3.63) is 35.9 Å². The number of aliphatic hydroxyl groups excluding tert-OH is 2. The van der Waals surface area contributed by atoms with Crippen LogP contribution in [-0.2, 0) is 16.1 Å². The number of hydrogen-bond donors (Lipinski definition) is 2. The van der Waals surface area contributed by atoms with E-state index in [9.17, 15) is 5.11 Å². The summed E-state index contributed by atoms with van der Waals surface area (Å²) in [7, 11) is 1.68. The Morgan fingerprint density at radius 1 is 1.33 bits per heavy atom. The number of ether oxygens (including phenoxy) is 2. The average Bonchev–Trinajstić information content (AvgIpc) is 2.88.